The van der Waals surface area contributed by atoms with Crippen LogP contribution in [0.25, 0.3) is 0 Å². The van der Waals surface area contributed by atoms with Gasteiger partial charge in [-0.1, -0.05) is 12.1 Å². The van der Waals surface area contributed by atoms with Gasteiger partial charge in [0.25, 0.3) is 0 Å². The second-order valence-corrected chi connectivity index (χ2v) is 7.15. The van der Waals surface area contributed by atoms with Crippen LogP contribution >= 0.6 is 0 Å². The SMILES string of the molecule is CNC1CCC2(CC1S(=O)c1ccccc1F)OCCO2. The lowest BCUT2D eigenvalue weighted by Gasteiger charge is -2.40. The van der Waals surface area contributed by atoms with Crippen molar-refractivity contribution in [2.45, 2.75) is 41.2 Å². The smallest absolute Gasteiger partial charge is 0.169 e. The lowest BCUT2D eigenvalue weighted by molar-refractivity contribution is -0.178. The van der Waals surface area contributed by atoms with Crippen LogP contribution in [-0.4, -0.2) is 41.5 Å². The summed E-state index contributed by atoms with van der Waals surface area (Å²) in [7, 11) is 0.421. The zero-order chi connectivity index (χ0) is 14.9. The highest BCUT2D eigenvalue weighted by atomic mass is 32.2. The molecule has 0 bridgehead atoms. The first-order valence-electron chi connectivity index (χ1n) is 7.25. The second-order valence-electron chi connectivity index (χ2n) is 5.51. The Morgan fingerprint density at radius 2 is 2.05 bits per heavy atom. The van der Waals surface area contributed by atoms with Crippen LogP contribution in [0.1, 0.15) is 19.3 Å². The van der Waals surface area contributed by atoms with Crippen molar-refractivity contribution >= 4 is 10.8 Å². The lowest BCUT2D eigenvalue weighted by atomic mass is 9.89. The summed E-state index contributed by atoms with van der Waals surface area (Å²) >= 11 is 0. The zero-order valence-corrected chi connectivity index (χ0v) is 12.8. The van der Waals surface area contributed by atoms with Gasteiger partial charge < -0.3 is 14.8 Å². The molecule has 3 unspecified atom stereocenters. The molecule has 0 aromatic heterocycles. The van der Waals surface area contributed by atoms with E-state index < -0.39 is 22.4 Å². The van der Waals surface area contributed by atoms with Crippen molar-refractivity contribution in [2.24, 2.45) is 0 Å². The molecule has 1 aliphatic heterocycles. The van der Waals surface area contributed by atoms with Gasteiger partial charge in [0.05, 0.1) is 34.2 Å². The molecule has 1 aromatic carbocycles. The van der Waals surface area contributed by atoms with Gasteiger partial charge in [0.15, 0.2) is 5.79 Å². The molecule has 0 amide bonds. The Kier molecular flexibility index (Phi) is 4.40. The highest BCUT2D eigenvalue weighted by molar-refractivity contribution is 7.85. The molecule has 4 nitrogen and oxygen atoms in total. The van der Waals surface area contributed by atoms with Crippen molar-refractivity contribution in [2.75, 3.05) is 20.3 Å². The molecule has 2 fully saturated rings. The number of ether oxygens (including phenoxy) is 2. The van der Waals surface area contributed by atoms with Crippen molar-refractivity contribution in [3.63, 3.8) is 0 Å². The molecule has 6 heteroatoms. The highest BCUT2D eigenvalue weighted by Gasteiger charge is 2.47. The normalized spacial score (nSPS) is 29.6. The predicted molar refractivity (Wildman–Crippen MR) is 77.9 cm³/mol. The van der Waals surface area contributed by atoms with Gasteiger partial charge in [0.1, 0.15) is 5.82 Å². The Bertz CT molecular complexity index is 533. The molecule has 21 heavy (non-hydrogen) atoms. The van der Waals surface area contributed by atoms with Crippen molar-refractivity contribution in [3.05, 3.63) is 30.1 Å². The first-order valence-corrected chi connectivity index (χ1v) is 8.47. The maximum Gasteiger partial charge on any atom is 0.169 e. The fraction of sp³-hybridized carbons (Fsp3) is 0.600. The summed E-state index contributed by atoms with van der Waals surface area (Å²) in [6.45, 7) is 1.15. The van der Waals surface area contributed by atoms with E-state index in [1.165, 1.54) is 6.07 Å². The van der Waals surface area contributed by atoms with Gasteiger partial charge in [0.2, 0.25) is 0 Å². The number of benzene rings is 1. The van der Waals surface area contributed by atoms with Gasteiger partial charge in [-0.2, -0.15) is 0 Å². The molecule has 116 valence electrons. The van der Waals surface area contributed by atoms with Crippen molar-refractivity contribution in [1.29, 1.82) is 0 Å². The summed E-state index contributed by atoms with van der Waals surface area (Å²) in [6, 6.07) is 6.34. The van der Waals surface area contributed by atoms with E-state index in [0.29, 0.717) is 19.6 Å². The summed E-state index contributed by atoms with van der Waals surface area (Å²) in [5.41, 5.74) is 0. The van der Waals surface area contributed by atoms with Crippen molar-refractivity contribution < 1.29 is 18.1 Å². The summed E-state index contributed by atoms with van der Waals surface area (Å²) in [5.74, 6) is -1.04. The van der Waals surface area contributed by atoms with Gasteiger partial charge in [-0.3, -0.25) is 4.21 Å². The Balaban J connectivity index is 1.86. The van der Waals surface area contributed by atoms with Gasteiger partial charge in [-0.15, -0.1) is 0 Å². The monoisotopic (exact) mass is 313 g/mol. The maximum atomic E-state index is 13.9. The molecule has 3 rings (SSSR count). The Morgan fingerprint density at radius 1 is 1.33 bits per heavy atom. The van der Waals surface area contributed by atoms with Gasteiger partial charge in [-0.05, 0) is 25.6 Å². The minimum Gasteiger partial charge on any atom is -0.347 e. The molecule has 1 aliphatic carbocycles. The third kappa shape index (κ3) is 2.90. The number of hydrogen-bond donors (Lipinski definition) is 1. The van der Waals surface area contributed by atoms with Crippen LogP contribution in [0.4, 0.5) is 4.39 Å². The van der Waals surface area contributed by atoms with E-state index in [-0.39, 0.29) is 16.2 Å². The molecule has 2 aliphatic rings. The molecular weight excluding hydrogens is 293 g/mol. The number of nitrogens with one attached hydrogen (secondary N) is 1. The fourth-order valence-electron chi connectivity index (χ4n) is 3.20. The molecule has 1 heterocycles. The van der Waals surface area contributed by atoms with Gasteiger partial charge in [-0.25, -0.2) is 4.39 Å². The Labute approximate surface area is 126 Å². The first-order chi connectivity index (χ1) is 10.2. The topological polar surface area (TPSA) is 47.6 Å². The van der Waals surface area contributed by atoms with E-state index in [2.05, 4.69) is 5.32 Å². The van der Waals surface area contributed by atoms with Crippen LogP contribution in [0, 0.1) is 5.82 Å². The van der Waals surface area contributed by atoms with Crippen LogP contribution < -0.4 is 5.32 Å². The summed E-state index contributed by atoms with van der Waals surface area (Å²) < 4.78 is 38.3. The van der Waals surface area contributed by atoms with E-state index in [1.807, 2.05) is 7.05 Å². The van der Waals surface area contributed by atoms with Gasteiger partial charge >= 0.3 is 0 Å². The quantitative estimate of drug-likeness (QED) is 0.925. The molecule has 1 saturated heterocycles. The van der Waals surface area contributed by atoms with Crippen LogP contribution in [0.3, 0.4) is 0 Å². The Hall–Kier alpha value is -0.820. The second kappa shape index (κ2) is 6.12. The molecular formula is C15H20FNO3S. The molecule has 0 radical (unpaired) electrons. The maximum absolute atomic E-state index is 13.9. The van der Waals surface area contributed by atoms with E-state index in [0.717, 1.165) is 12.8 Å². The highest BCUT2D eigenvalue weighted by Crippen LogP contribution is 2.39. The average Bonchev–Trinajstić information content (AvgIpc) is 2.95. The summed E-state index contributed by atoms with van der Waals surface area (Å²) in [6.07, 6.45) is 2.12. The number of hydrogen-bond acceptors (Lipinski definition) is 4. The molecule has 1 spiro atoms. The van der Waals surface area contributed by atoms with Crippen LogP contribution in [0.2, 0.25) is 0 Å². The van der Waals surface area contributed by atoms with E-state index >= 15 is 0 Å². The molecule has 1 aromatic rings. The number of rotatable bonds is 3. The minimum absolute atomic E-state index is 0.0730. The van der Waals surface area contributed by atoms with Crippen LogP contribution in [0.5, 0.6) is 0 Å². The van der Waals surface area contributed by atoms with Gasteiger partial charge in [0, 0.05) is 18.9 Å². The van der Waals surface area contributed by atoms with E-state index in [4.69, 9.17) is 9.47 Å². The predicted octanol–water partition coefficient (Wildman–Crippen LogP) is 1.82. The van der Waals surface area contributed by atoms with Crippen molar-refractivity contribution in [3.8, 4) is 0 Å². The molecule has 1 N–H and O–H groups in total. The Morgan fingerprint density at radius 3 is 2.71 bits per heavy atom. The minimum atomic E-state index is -1.43. The molecule has 3 atom stereocenters. The summed E-state index contributed by atoms with van der Waals surface area (Å²) in [5, 5.41) is 2.98. The standard InChI is InChI=1S/C15H20FNO3S/c1-17-12-6-7-15(19-8-9-20-15)10-14(12)21(18)13-5-3-2-4-11(13)16/h2-5,12,14,17H,6-10H2,1H3. The van der Waals surface area contributed by atoms with Crippen LogP contribution in [0.15, 0.2) is 29.2 Å². The molecule has 1 saturated carbocycles. The fourth-order valence-corrected chi connectivity index (χ4v) is 4.97. The van der Waals surface area contributed by atoms with E-state index in [9.17, 15) is 8.60 Å². The number of halogens is 1. The van der Waals surface area contributed by atoms with Crippen molar-refractivity contribution in [1.82, 2.24) is 5.32 Å². The van der Waals surface area contributed by atoms with Crippen LogP contribution in [-0.2, 0) is 20.3 Å². The lowest BCUT2D eigenvalue weighted by Crippen LogP contribution is -2.51. The zero-order valence-electron chi connectivity index (χ0n) is 12.0. The van der Waals surface area contributed by atoms with E-state index in [1.54, 1.807) is 18.2 Å². The third-order valence-corrected chi connectivity index (χ3v) is 6.12. The summed E-state index contributed by atoms with van der Waals surface area (Å²) in [4.78, 5) is 0.262. The third-order valence-electron chi connectivity index (χ3n) is 4.31. The first kappa shape index (κ1) is 15.1. The average molecular weight is 313 g/mol. The largest absolute Gasteiger partial charge is 0.347 e.